The summed E-state index contributed by atoms with van der Waals surface area (Å²) in [7, 11) is 3.84. The van der Waals surface area contributed by atoms with Gasteiger partial charge in [-0.3, -0.25) is 9.36 Å². The SMILES string of the molecule is Cc1c(-c2ccn(C)n2)cn2nc(-c3nccn3C)nc(Nc3ccn(C4CC4)n3)c12. The highest BCUT2D eigenvalue weighted by Gasteiger charge is 2.25. The van der Waals surface area contributed by atoms with Gasteiger partial charge in [0.15, 0.2) is 17.5 Å². The van der Waals surface area contributed by atoms with Gasteiger partial charge in [0, 0.05) is 56.7 Å². The van der Waals surface area contributed by atoms with Crippen LogP contribution in [0.15, 0.2) is 43.1 Å². The molecule has 0 radical (unpaired) electrons. The topological polar surface area (TPSA) is 95.7 Å². The number of aryl methyl sites for hydroxylation is 3. The third kappa shape index (κ3) is 2.98. The number of rotatable bonds is 5. The molecule has 0 bridgehead atoms. The van der Waals surface area contributed by atoms with Gasteiger partial charge in [-0.1, -0.05) is 0 Å². The van der Waals surface area contributed by atoms with Gasteiger partial charge in [0.2, 0.25) is 5.82 Å². The van der Waals surface area contributed by atoms with E-state index in [1.807, 2.05) is 64.8 Å². The largest absolute Gasteiger partial charge is 0.331 e. The van der Waals surface area contributed by atoms with Crippen LogP contribution in [0.5, 0.6) is 0 Å². The lowest BCUT2D eigenvalue weighted by molar-refractivity contribution is 0.644. The number of fused-ring (bicyclic) bond motifs is 1. The molecule has 0 aliphatic heterocycles. The standard InChI is InChI=1S/C21H22N10/c1-13-15(16-6-9-29(3)25-16)12-31-18(13)19(23-17-7-10-30(26-17)14-4-5-14)24-20(27-31)21-22-8-11-28(21)2/h6-12,14H,4-5H2,1-3H3,(H,23,24,26,27). The summed E-state index contributed by atoms with van der Waals surface area (Å²) in [6.07, 6.45) is 11.9. The van der Waals surface area contributed by atoms with E-state index in [4.69, 9.17) is 10.1 Å². The Hall–Kier alpha value is -3.95. The number of hydrogen-bond acceptors (Lipinski definition) is 6. The normalized spacial score (nSPS) is 13.9. The van der Waals surface area contributed by atoms with Gasteiger partial charge in [-0.05, 0) is 31.4 Å². The first-order valence-corrected chi connectivity index (χ1v) is 10.3. The van der Waals surface area contributed by atoms with Crippen LogP contribution in [0.2, 0.25) is 0 Å². The van der Waals surface area contributed by atoms with E-state index in [1.54, 1.807) is 10.9 Å². The monoisotopic (exact) mass is 414 g/mol. The number of nitrogens with one attached hydrogen (secondary N) is 1. The molecule has 1 aliphatic carbocycles. The Morgan fingerprint density at radius 3 is 2.61 bits per heavy atom. The molecule has 0 amide bonds. The molecule has 1 saturated carbocycles. The van der Waals surface area contributed by atoms with Crippen LogP contribution < -0.4 is 5.32 Å². The molecule has 5 aromatic heterocycles. The van der Waals surface area contributed by atoms with Gasteiger partial charge in [-0.25, -0.2) is 14.5 Å². The predicted molar refractivity (Wildman–Crippen MR) is 116 cm³/mol. The second-order valence-electron chi connectivity index (χ2n) is 8.02. The molecular weight excluding hydrogens is 392 g/mol. The van der Waals surface area contributed by atoms with Gasteiger partial charge in [-0.15, -0.1) is 5.10 Å². The summed E-state index contributed by atoms with van der Waals surface area (Å²) in [4.78, 5) is 9.27. The van der Waals surface area contributed by atoms with Gasteiger partial charge < -0.3 is 9.88 Å². The van der Waals surface area contributed by atoms with Crippen LogP contribution in [0, 0.1) is 6.92 Å². The lowest BCUT2D eigenvalue weighted by Crippen LogP contribution is -2.06. The summed E-state index contributed by atoms with van der Waals surface area (Å²) in [5.41, 5.74) is 3.85. The van der Waals surface area contributed by atoms with Gasteiger partial charge in [0.1, 0.15) is 5.52 Å². The van der Waals surface area contributed by atoms with E-state index in [1.165, 1.54) is 12.8 Å². The fourth-order valence-corrected chi connectivity index (χ4v) is 3.88. The molecule has 1 fully saturated rings. The highest BCUT2D eigenvalue weighted by atomic mass is 15.4. The molecule has 10 nitrogen and oxygen atoms in total. The van der Waals surface area contributed by atoms with Crippen molar-refractivity contribution in [1.29, 1.82) is 0 Å². The second kappa shape index (κ2) is 6.53. The predicted octanol–water partition coefficient (Wildman–Crippen LogP) is 3.11. The van der Waals surface area contributed by atoms with Crippen LogP contribution >= 0.6 is 0 Å². The van der Waals surface area contributed by atoms with Crippen LogP contribution in [-0.2, 0) is 14.1 Å². The number of imidazole rings is 1. The first-order valence-electron chi connectivity index (χ1n) is 10.3. The molecule has 5 aromatic rings. The van der Waals surface area contributed by atoms with Crippen molar-refractivity contribution in [3.8, 4) is 22.9 Å². The van der Waals surface area contributed by atoms with E-state index in [9.17, 15) is 0 Å². The zero-order valence-electron chi connectivity index (χ0n) is 17.6. The minimum atomic E-state index is 0.523. The molecule has 0 aromatic carbocycles. The Morgan fingerprint density at radius 2 is 1.90 bits per heavy atom. The average molecular weight is 414 g/mol. The van der Waals surface area contributed by atoms with Crippen molar-refractivity contribution in [2.75, 3.05) is 5.32 Å². The smallest absolute Gasteiger partial charge is 0.218 e. The summed E-state index contributed by atoms with van der Waals surface area (Å²) in [5, 5.41) is 17.4. The summed E-state index contributed by atoms with van der Waals surface area (Å²) < 4.78 is 7.58. The fraction of sp³-hybridized carbons (Fsp3) is 0.286. The van der Waals surface area contributed by atoms with Crippen molar-refractivity contribution in [3.05, 3.63) is 48.7 Å². The maximum atomic E-state index is 4.84. The summed E-state index contributed by atoms with van der Waals surface area (Å²) >= 11 is 0. The van der Waals surface area contributed by atoms with E-state index < -0.39 is 0 Å². The Labute approximate surface area is 178 Å². The van der Waals surface area contributed by atoms with Crippen molar-refractivity contribution in [2.24, 2.45) is 14.1 Å². The van der Waals surface area contributed by atoms with E-state index in [-0.39, 0.29) is 0 Å². The maximum absolute atomic E-state index is 4.84. The van der Waals surface area contributed by atoms with Crippen molar-refractivity contribution < 1.29 is 0 Å². The van der Waals surface area contributed by atoms with Crippen molar-refractivity contribution in [3.63, 3.8) is 0 Å². The zero-order valence-corrected chi connectivity index (χ0v) is 17.6. The van der Waals surface area contributed by atoms with Crippen LogP contribution in [0.3, 0.4) is 0 Å². The van der Waals surface area contributed by atoms with E-state index in [0.29, 0.717) is 23.5 Å². The van der Waals surface area contributed by atoms with Crippen molar-refractivity contribution >= 4 is 17.2 Å². The molecule has 31 heavy (non-hydrogen) atoms. The number of aromatic nitrogens is 9. The molecule has 10 heteroatoms. The van der Waals surface area contributed by atoms with E-state index in [0.717, 1.165) is 28.2 Å². The van der Waals surface area contributed by atoms with Crippen molar-refractivity contribution in [1.82, 2.24) is 43.7 Å². The Morgan fingerprint density at radius 1 is 1.03 bits per heavy atom. The number of anilines is 2. The summed E-state index contributed by atoms with van der Waals surface area (Å²) in [6, 6.07) is 4.50. The highest BCUT2D eigenvalue weighted by molar-refractivity contribution is 5.83. The van der Waals surface area contributed by atoms with Crippen LogP contribution in [0.4, 0.5) is 11.6 Å². The minimum Gasteiger partial charge on any atom is -0.331 e. The van der Waals surface area contributed by atoms with Crippen molar-refractivity contribution in [2.45, 2.75) is 25.8 Å². The third-order valence-corrected chi connectivity index (χ3v) is 5.67. The molecule has 6 rings (SSSR count). The third-order valence-electron chi connectivity index (χ3n) is 5.67. The fourth-order valence-electron chi connectivity index (χ4n) is 3.88. The van der Waals surface area contributed by atoms with Crippen LogP contribution in [0.25, 0.3) is 28.4 Å². The van der Waals surface area contributed by atoms with Gasteiger partial charge in [0.05, 0.1) is 11.7 Å². The molecule has 0 atom stereocenters. The lowest BCUT2D eigenvalue weighted by atomic mass is 10.1. The summed E-state index contributed by atoms with van der Waals surface area (Å²) in [5.74, 6) is 2.68. The molecule has 0 unspecified atom stereocenters. The quantitative estimate of drug-likeness (QED) is 0.475. The van der Waals surface area contributed by atoms with Crippen LogP contribution in [-0.4, -0.2) is 43.7 Å². The molecule has 1 aliphatic rings. The summed E-state index contributed by atoms with van der Waals surface area (Å²) in [6.45, 7) is 2.07. The minimum absolute atomic E-state index is 0.523. The molecule has 1 N–H and O–H groups in total. The van der Waals surface area contributed by atoms with E-state index >= 15 is 0 Å². The molecular formula is C21H22N10. The zero-order chi connectivity index (χ0) is 21.1. The Balaban J connectivity index is 1.52. The van der Waals surface area contributed by atoms with Gasteiger partial charge in [-0.2, -0.15) is 10.2 Å². The highest BCUT2D eigenvalue weighted by Crippen LogP contribution is 2.35. The number of nitrogens with zero attached hydrogens (tertiary/aromatic N) is 9. The number of hydrogen-bond donors (Lipinski definition) is 1. The molecule has 0 spiro atoms. The lowest BCUT2D eigenvalue weighted by Gasteiger charge is -2.09. The molecule has 156 valence electrons. The molecule has 5 heterocycles. The first-order chi connectivity index (χ1) is 15.1. The second-order valence-corrected chi connectivity index (χ2v) is 8.02. The Bertz CT molecular complexity index is 1410. The average Bonchev–Trinajstić information content (AvgIpc) is 3.08. The Kier molecular flexibility index (Phi) is 3.76. The first kappa shape index (κ1) is 17.9. The van der Waals surface area contributed by atoms with E-state index in [2.05, 4.69) is 27.4 Å². The van der Waals surface area contributed by atoms with Gasteiger partial charge >= 0.3 is 0 Å². The van der Waals surface area contributed by atoms with Gasteiger partial charge in [0.25, 0.3) is 0 Å². The van der Waals surface area contributed by atoms with Crippen LogP contribution in [0.1, 0.15) is 24.4 Å². The molecule has 0 saturated heterocycles. The maximum Gasteiger partial charge on any atom is 0.218 e.